The van der Waals surface area contributed by atoms with Gasteiger partial charge in [0.05, 0.1) is 32.2 Å². The molecule has 7 heteroatoms. The molecule has 5 nitrogen and oxygen atoms in total. The Bertz CT molecular complexity index is 969. The van der Waals surface area contributed by atoms with Crippen LogP contribution in [0.25, 0.3) is 0 Å². The first kappa shape index (κ1) is 22.7. The molecule has 0 aromatic heterocycles. The fourth-order valence-electron chi connectivity index (χ4n) is 3.23. The number of nitrogens with zero attached hydrogens (tertiary/aromatic N) is 1. The highest BCUT2D eigenvalue weighted by Crippen LogP contribution is 2.53. The summed E-state index contributed by atoms with van der Waals surface area (Å²) in [6, 6.07) is 7.81. The highest BCUT2D eigenvalue weighted by atomic mass is 32.2. The van der Waals surface area contributed by atoms with Gasteiger partial charge in [-0.15, -0.1) is 0 Å². The van der Waals surface area contributed by atoms with Crippen molar-refractivity contribution >= 4 is 37.7 Å². The van der Waals surface area contributed by atoms with Gasteiger partial charge in [0.15, 0.2) is 14.6 Å². The molecule has 0 saturated heterocycles. The summed E-state index contributed by atoms with van der Waals surface area (Å²) in [6.07, 6.45) is 0.894. The normalized spacial score (nSPS) is 13.5. The minimum absolute atomic E-state index is 0.104. The Labute approximate surface area is 184 Å². The molecule has 0 fully saturated rings. The number of benzene rings is 2. The van der Waals surface area contributed by atoms with Gasteiger partial charge < -0.3 is 18.8 Å². The quantitative estimate of drug-likeness (QED) is 0.386. The molecule has 30 heavy (non-hydrogen) atoms. The number of aldehydes is 1. The smallest absolute Gasteiger partial charge is 0.192 e. The highest BCUT2D eigenvalue weighted by Gasteiger charge is 2.38. The molecular formula is C23H31NO4SSi. The van der Waals surface area contributed by atoms with Crippen molar-refractivity contribution in [3.8, 4) is 11.5 Å². The fraction of sp³-hybridized carbons (Fsp3) is 0.435. The standard InChI is InChI=1S/C23H31NO4SSi/c1-23(2,3)30(7,8)28-14-17-19(27-6)11-15(13-25)21-22(17)29-20-12-16(26-5)9-10-18(20)24(21)4/h9-13H,14H2,1-8H3. The summed E-state index contributed by atoms with van der Waals surface area (Å²) in [7, 11) is 3.33. The molecule has 0 radical (unpaired) electrons. The lowest BCUT2D eigenvalue weighted by atomic mass is 10.1. The van der Waals surface area contributed by atoms with Crippen molar-refractivity contribution in [1.82, 2.24) is 0 Å². The van der Waals surface area contributed by atoms with Crippen LogP contribution in [0.2, 0.25) is 18.1 Å². The minimum Gasteiger partial charge on any atom is -0.497 e. The Kier molecular flexibility index (Phi) is 6.27. The molecule has 1 aliphatic heterocycles. The highest BCUT2D eigenvalue weighted by molar-refractivity contribution is 7.99. The maximum atomic E-state index is 11.9. The summed E-state index contributed by atoms with van der Waals surface area (Å²) >= 11 is 1.63. The van der Waals surface area contributed by atoms with Gasteiger partial charge in [0.1, 0.15) is 11.5 Å². The monoisotopic (exact) mass is 445 g/mol. The van der Waals surface area contributed by atoms with Crippen molar-refractivity contribution < 1.29 is 18.7 Å². The molecule has 0 amide bonds. The van der Waals surface area contributed by atoms with Crippen LogP contribution in [-0.2, 0) is 11.0 Å². The van der Waals surface area contributed by atoms with E-state index < -0.39 is 8.32 Å². The van der Waals surface area contributed by atoms with Gasteiger partial charge in [-0.25, -0.2) is 0 Å². The van der Waals surface area contributed by atoms with Crippen LogP contribution in [0.4, 0.5) is 11.4 Å². The number of anilines is 2. The Balaban J connectivity index is 2.13. The van der Waals surface area contributed by atoms with E-state index in [0.717, 1.165) is 38.8 Å². The van der Waals surface area contributed by atoms with Crippen molar-refractivity contribution in [3.05, 3.63) is 35.4 Å². The van der Waals surface area contributed by atoms with E-state index in [0.29, 0.717) is 17.9 Å². The van der Waals surface area contributed by atoms with E-state index in [1.54, 1.807) is 26.0 Å². The summed E-state index contributed by atoms with van der Waals surface area (Å²) in [4.78, 5) is 16.1. The van der Waals surface area contributed by atoms with Gasteiger partial charge in [0, 0.05) is 28.0 Å². The third-order valence-corrected chi connectivity index (χ3v) is 11.8. The molecule has 2 aromatic carbocycles. The maximum Gasteiger partial charge on any atom is 0.192 e. The summed E-state index contributed by atoms with van der Waals surface area (Å²) in [6.45, 7) is 11.6. The molecule has 1 aliphatic rings. The molecule has 3 rings (SSSR count). The Hall–Kier alpha value is -1.96. The number of fused-ring (bicyclic) bond motifs is 2. The average molecular weight is 446 g/mol. The molecule has 2 aromatic rings. The predicted octanol–water partition coefficient (Wildman–Crippen LogP) is 6.27. The second-order valence-corrected chi connectivity index (χ2v) is 14.8. The first-order valence-corrected chi connectivity index (χ1v) is 13.7. The lowest BCUT2D eigenvalue weighted by molar-refractivity contribution is 0.112. The molecule has 0 spiro atoms. The van der Waals surface area contributed by atoms with Gasteiger partial charge >= 0.3 is 0 Å². The van der Waals surface area contributed by atoms with E-state index in [9.17, 15) is 4.79 Å². The number of hydrogen-bond donors (Lipinski definition) is 0. The van der Waals surface area contributed by atoms with Gasteiger partial charge in [0.2, 0.25) is 0 Å². The molecular weight excluding hydrogens is 414 g/mol. The largest absolute Gasteiger partial charge is 0.497 e. The number of hydrogen-bond acceptors (Lipinski definition) is 6. The van der Waals surface area contributed by atoms with E-state index in [4.69, 9.17) is 13.9 Å². The number of ether oxygens (including phenoxy) is 2. The summed E-state index contributed by atoms with van der Waals surface area (Å²) in [5.74, 6) is 1.48. The van der Waals surface area contributed by atoms with Crippen LogP contribution >= 0.6 is 11.8 Å². The molecule has 0 saturated carbocycles. The lowest BCUT2D eigenvalue weighted by Crippen LogP contribution is -2.40. The fourth-order valence-corrected chi connectivity index (χ4v) is 5.50. The van der Waals surface area contributed by atoms with Crippen LogP contribution < -0.4 is 14.4 Å². The Morgan fingerprint density at radius 1 is 1.13 bits per heavy atom. The van der Waals surface area contributed by atoms with Gasteiger partial charge in [-0.05, 0) is 42.4 Å². The van der Waals surface area contributed by atoms with Crippen molar-refractivity contribution in [2.24, 2.45) is 0 Å². The van der Waals surface area contributed by atoms with Crippen LogP contribution in [0, 0.1) is 0 Å². The molecule has 0 aliphatic carbocycles. The van der Waals surface area contributed by atoms with E-state index in [2.05, 4.69) is 38.8 Å². The number of rotatable bonds is 6. The molecule has 0 N–H and O–H groups in total. The molecule has 0 atom stereocenters. The van der Waals surface area contributed by atoms with Crippen molar-refractivity contribution in [2.75, 3.05) is 26.2 Å². The summed E-state index contributed by atoms with van der Waals surface area (Å²) in [5.41, 5.74) is 3.52. The third-order valence-electron chi connectivity index (χ3n) is 6.15. The molecule has 162 valence electrons. The van der Waals surface area contributed by atoms with Crippen molar-refractivity contribution in [2.45, 2.75) is 55.3 Å². The topological polar surface area (TPSA) is 48.0 Å². The van der Waals surface area contributed by atoms with E-state index >= 15 is 0 Å². The molecule has 0 bridgehead atoms. The van der Waals surface area contributed by atoms with Crippen LogP contribution in [0.3, 0.4) is 0 Å². The summed E-state index contributed by atoms with van der Waals surface area (Å²) in [5, 5.41) is 0.104. The van der Waals surface area contributed by atoms with E-state index in [-0.39, 0.29) is 5.04 Å². The van der Waals surface area contributed by atoms with Crippen LogP contribution in [-0.4, -0.2) is 35.9 Å². The molecule has 1 heterocycles. The zero-order chi connectivity index (χ0) is 22.3. The van der Waals surface area contributed by atoms with Crippen molar-refractivity contribution in [3.63, 3.8) is 0 Å². The first-order valence-electron chi connectivity index (χ1n) is 9.96. The number of carbonyl (C=O) groups excluding carboxylic acids is 1. The lowest BCUT2D eigenvalue weighted by Gasteiger charge is -2.37. The third kappa shape index (κ3) is 3.98. The SMILES string of the molecule is COc1ccc2c(c1)Sc1c(CO[Si](C)(C)C(C)(C)C)c(OC)cc(C=O)c1N2C. The predicted molar refractivity (Wildman–Crippen MR) is 126 cm³/mol. The van der Waals surface area contributed by atoms with Gasteiger partial charge in [-0.1, -0.05) is 32.5 Å². The molecule has 0 unspecified atom stereocenters. The maximum absolute atomic E-state index is 11.9. The van der Waals surface area contributed by atoms with Gasteiger partial charge in [0.25, 0.3) is 0 Å². The Morgan fingerprint density at radius 2 is 1.83 bits per heavy atom. The second-order valence-electron chi connectivity index (χ2n) is 8.99. The van der Waals surface area contributed by atoms with E-state index in [1.165, 1.54) is 0 Å². The van der Waals surface area contributed by atoms with E-state index in [1.807, 2.05) is 31.3 Å². The second kappa shape index (κ2) is 8.28. The van der Waals surface area contributed by atoms with Crippen LogP contribution in [0.15, 0.2) is 34.1 Å². The Morgan fingerprint density at radius 3 is 2.40 bits per heavy atom. The first-order chi connectivity index (χ1) is 14.0. The van der Waals surface area contributed by atoms with Gasteiger partial charge in [-0.3, -0.25) is 4.79 Å². The number of carbonyl (C=O) groups is 1. The summed E-state index contributed by atoms with van der Waals surface area (Å²) < 4.78 is 17.7. The minimum atomic E-state index is -1.96. The van der Waals surface area contributed by atoms with Crippen LogP contribution in [0.5, 0.6) is 11.5 Å². The van der Waals surface area contributed by atoms with Crippen LogP contribution in [0.1, 0.15) is 36.7 Å². The number of methoxy groups -OCH3 is 2. The zero-order valence-corrected chi connectivity index (χ0v) is 20.9. The van der Waals surface area contributed by atoms with Crippen molar-refractivity contribution in [1.29, 1.82) is 0 Å². The zero-order valence-electron chi connectivity index (χ0n) is 19.1. The van der Waals surface area contributed by atoms with Gasteiger partial charge in [-0.2, -0.15) is 0 Å². The average Bonchev–Trinajstić information content (AvgIpc) is 2.70.